The van der Waals surface area contributed by atoms with Crippen LogP contribution in [0.2, 0.25) is 0 Å². The summed E-state index contributed by atoms with van der Waals surface area (Å²) in [5, 5.41) is 17.2. The Kier molecular flexibility index (Phi) is 68.1. The number of aliphatic carboxylic acids is 2. The Bertz CT molecular complexity index is 1060. The van der Waals surface area contributed by atoms with Crippen molar-refractivity contribution >= 4 is 11.9 Å². The maximum Gasteiger partial charge on any atom is 0.327 e. The molecule has 450 valence electrons. The number of carbonyl (C=O) groups is 2. The monoisotopic (exact) mass is 1070 g/mol. The minimum Gasteiger partial charge on any atom is -0.478 e. The molecule has 76 heavy (non-hydrogen) atoms. The lowest BCUT2D eigenvalue weighted by Crippen LogP contribution is -1.86. The summed E-state index contributed by atoms with van der Waals surface area (Å²) < 4.78 is 0. The van der Waals surface area contributed by atoms with Gasteiger partial charge in [-0.15, -0.1) is 0 Å². The van der Waals surface area contributed by atoms with Crippen LogP contribution in [0.4, 0.5) is 0 Å². The number of carboxylic acids is 2. The van der Waals surface area contributed by atoms with Gasteiger partial charge in [0, 0.05) is 12.2 Å². The van der Waals surface area contributed by atoms with Crippen molar-refractivity contribution in [3.05, 3.63) is 24.3 Å². The van der Waals surface area contributed by atoms with Gasteiger partial charge in [0.25, 0.3) is 0 Å². The van der Waals surface area contributed by atoms with E-state index in [4.69, 9.17) is 10.2 Å². The minimum atomic E-state index is -0.827. The molecular weight excluding hydrogens is 929 g/mol. The van der Waals surface area contributed by atoms with Crippen molar-refractivity contribution in [3.63, 3.8) is 0 Å². The van der Waals surface area contributed by atoms with Crippen molar-refractivity contribution in [2.75, 3.05) is 0 Å². The molecule has 0 aliphatic rings. The van der Waals surface area contributed by atoms with Crippen LogP contribution in [0.3, 0.4) is 0 Å². The Hall–Kier alpha value is -1.58. The van der Waals surface area contributed by atoms with Crippen LogP contribution in [0.5, 0.6) is 0 Å². The minimum absolute atomic E-state index is 0.827. The predicted molar refractivity (Wildman–Crippen MR) is 338 cm³/mol. The molecule has 0 spiro atoms. The second-order valence-electron chi connectivity index (χ2n) is 24.7. The van der Waals surface area contributed by atoms with Gasteiger partial charge < -0.3 is 10.2 Å². The maximum absolute atomic E-state index is 10.5. The van der Waals surface area contributed by atoms with E-state index >= 15 is 0 Å². The Labute approximate surface area is 477 Å². The molecule has 4 heteroatoms. The van der Waals surface area contributed by atoms with Crippen LogP contribution in [0.25, 0.3) is 0 Å². The molecule has 0 radical (unpaired) electrons. The van der Waals surface area contributed by atoms with E-state index in [0.29, 0.717) is 0 Å². The maximum atomic E-state index is 10.5. The number of hydrogen-bond donors (Lipinski definition) is 2. The fourth-order valence-electron chi connectivity index (χ4n) is 11.9. The van der Waals surface area contributed by atoms with Gasteiger partial charge in [-0.05, 0) is 25.7 Å². The molecule has 0 unspecified atom stereocenters. The van der Waals surface area contributed by atoms with Crippen molar-refractivity contribution in [3.8, 4) is 0 Å². The lowest BCUT2D eigenvalue weighted by molar-refractivity contribution is -0.132. The molecule has 0 fully saturated rings. The molecule has 0 atom stereocenters. The summed E-state index contributed by atoms with van der Waals surface area (Å²) in [6.07, 6.45) is 99.9. The van der Waals surface area contributed by atoms with Gasteiger partial charge in [0.05, 0.1) is 0 Å². The Morgan fingerprint density at radius 2 is 0.237 bits per heavy atom. The second-order valence-corrected chi connectivity index (χ2v) is 24.7. The van der Waals surface area contributed by atoms with Gasteiger partial charge in [-0.3, -0.25) is 0 Å². The molecule has 0 saturated carbocycles. The normalized spacial score (nSPS) is 11.8. The number of carboxylic acid groups (broad SMARTS) is 2. The lowest BCUT2D eigenvalue weighted by atomic mass is 10.0. The van der Waals surface area contributed by atoms with Gasteiger partial charge in [0.2, 0.25) is 0 Å². The average Bonchev–Trinajstić information content (AvgIpc) is 3.41. The van der Waals surface area contributed by atoms with Crippen molar-refractivity contribution in [1.29, 1.82) is 0 Å². The van der Waals surface area contributed by atoms with Crippen molar-refractivity contribution in [2.45, 2.75) is 424 Å². The van der Waals surface area contributed by atoms with E-state index in [9.17, 15) is 9.59 Å². The zero-order valence-corrected chi connectivity index (χ0v) is 51.7. The molecule has 0 rings (SSSR count). The van der Waals surface area contributed by atoms with E-state index in [0.717, 1.165) is 25.7 Å². The van der Waals surface area contributed by atoms with E-state index in [-0.39, 0.29) is 0 Å². The molecule has 0 aliphatic carbocycles. The highest BCUT2D eigenvalue weighted by molar-refractivity contribution is 5.79. The van der Waals surface area contributed by atoms with Crippen LogP contribution in [0, 0.1) is 0 Å². The van der Waals surface area contributed by atoms with Gasteiger partial charge in [0.1, 0.15) is 0 Å². The summed E-state index contributed by atoms with van der Waals surface area (Å²) in [6, 6.07) is 0. The van der Waals surface area contributed by atoms with Gasteiger partial charge in [0.15, 0.2) is 0 Å². The second kappa shape index (κ2) is 69.5. The topological polar surface area (TPSA) is 74.6 Å². The molecule has 2 N–H and O–H groups in total. The van der Waals surface area contributed by atoms with Crippen molar-refractivity contribution < 1.29 is 19.8 Å². The van der Waals surface area contributed by atoms with Crippen LogP contribution in [-0.2, 0) is 9.59 Å². The quantitative estimate of drug-likeness (QED) is 0.0470. The summed E-state index contributed by atoms with van der Waals surface area (Å²) in [5.74, 6) is -1.65. The number of allylic oxidation sites excluding steroid dienone is 2. The van der Waals surface area contributed by atoms with Crippen LogP contribution >= 0.6 is 0 Å². The van der Waals surface area contributed by atoms with Crippen LogP contribution < -0.4 is 0 Å². The van der Waals surface area contributed by atoms with Gasteiger partial charge >= 0.3 is 11.9 Å². The predicted octanol–water partition coefficient (Wildman–Crippen LogP) is 26.0. The average molecular weight is 1070 g/mol. The van der Waals surface area contributed by atoms with E-state index in [1.54, 1.807) is 12.2 Å². The molecule has 0 saturated heterocycles. The number of hydrogen-bond acceptors (Lipinski definition) is 2. The molecular formula is C72H138O4. The largest absolute Gasteiger partial charge is 0.478 e. The first-order valence-corrected chi connectivity index (χ1v) is 35.4. The lowest BCUT2D eigenvalue weighted by Gasteiger charge is -2.05. The Morgan fingerprint density at radius 3 is 0.316 bits per heavy atom. The highest BCUT2D eigenvalue weighted by Crippen LogP contribution is 2.20. The van der Waals surface area contributed by atoms with Gasteiger partial charge in [-0.1, -0.05) is 410 Å². The Morgan fingerprint density at radius 1 is 0.158 bits per heavy atom. The fourth-order valence-corrected chi connectivity index (χ4v) is 11.9. The first kappa shape index (κ1) is 74.4. The summed E-state index contributed by atoms with van der Waals surface area (Å²) in [6.45, 7) is 0. The van der Waals surface area contributed by atoms with E-state index < -0.39 is 11.9 Å². The zero-order chi connectivity index (χ0) is 54.7. The number of rotatable bonds is 69. The third-order valence-electron chi connectivity index (χ3n) is 17.0. The van der Waals surface area contributed by atoms with Gasteiger partial charge in [-0.2, -0.15) is 0 Å². The molecule has 4 nitrogen and oxygen atoms in total. The zero-order valence-electron chi connectivity index (χ0n) is 51.7. The standard InChI is InChI=1S/C72H138O4/c73-71(74)69-67-65-63-61-59-57-55-53-51-49-47-45-43-41-39-37-35-33-31-29-27-25-23-21-19-17-15-13-11-9-7-5-3-1-2-4-6-8-10-12-14-16-18-20-22-24-26-28-30-32-34-36-38-40-42-44-46-48-50-52-54-56-58-60-62-64-66-68-70-72(75)76/h67-70H,1-66H2,(H,73,74)(H,75,76). The summed E-state index contributed by atoms with van der Waals surface area (Å²) >= 11 is 0. The molecule has 0 bridgehead atoms. The Balaban J connectivity index is 3.09. The first-order valence-electron chi connectivity index (χ1n) is 35.4. The molecule has 0 amide bonds. The SMILES string of the molecule is O=C(O)C=CCCCCCCCCCCCCCCCCCCCCCCCCCCCCCCCCCCCCCCCCCCCCCCCCCCCCCCCCCCCCCCCCCCC=CC(=O)O. The fraction of sp³-hybridized carbons (Fsp3) is 0.917. The van der Waals surface area contributed by atoms with E-state index in [1.807, 2.05) is 0 Å². The summed E-state index contributed by atoms with van der Waals surface area (Å²) in [7, 11) is 0. The van der Waals surface area contributed by atoms with E-state index in [1.165, 1.54) is 410 Å². The molecule has 0 aromatic rings. The van der Waals surface area contributed by atoms with Gasteiger partial charge in [-0.25, -0.2) is 9.59 Å². The van der Waals surface area contributed by atoms with Crippen LogP contribution in [-0.4, -0.2) is 22.2 Å². The highest BCUT2D eigenvalue weighted by Gasteiger charge is 2.01. The third kappa shape index (κ3) is 72.4. The summed E-state index contributed by atoms with van der Waals surface area (Å²) in [5.41, 5.74) is 0. The first-order chi connectivity index (χ1) is 37.6. The molecule has 0 aliphatic heterocycles. The van der Waals surface area contributed by atoms with E-state index in [2.05, 4.69) is 0 Å². The van der Waals surface area contributed by atoms with Crippen LogP contribution in [0.15, 0.2) is 24.3 Å². The smallest absolute Gasteiger partial charge is 0.327 e. The van der Waals surface area contributed by atoms with Crippen molar-refractivity contribution in [1.82, 2.24) is 0 Å². The molecule has 0 heterocycles. The molecule has 0 aromatic carbocycles. The van der Waals surface area contributed by atoms with Crippen molar-refractivity contribution in [2.24, 2.45) is 0 Å². The molecule has 0 aromatic heterocycles. The van der Waals surface area contributed by atoms with Crippen LogP contribution in [0.1, 0.15) is 424 Å². The summed E-state index contributed by atoms with van der Waals surface area (Å²) in [4.78, 5) is 20.9. The third-order valence-corrected chi connectivity index (χ3v) is 17.0. The number of unbranched alkanes of at least 4 members (excludes halogenated alkanes) is 65. The highest BCUT2D eigenvalue weighted by atomic mass is 16.4.